The first-order valence-electron chi connectivity index (χ1n) is 14.2. The van der Waals surface area contributed by atoms with Crippen molar-refractivity contribution in [3.05, 3.63) is 130 Å². The van der Waals surface area contributed by atoms with Crippen LogP contribution < -0.4 is 14.9 Å². The molecule has 2 aliphatic rings. The van der Waals surface area contributed by atoms with Crippen molar-refractivity contribution in [2.75, 3.05) is 32.8 Å². The van der Waals surface area contributed by atoms with Crippen LogP contribution >= 0.6 is 0 Å². The van der Waals surface area contributed by atoms with E-state index in [0.29, 0.717) is 28.2 Å². The molecule has 6 nitrogen and oxygen atoms in total. The number of benzene rings is 4. The smallest absolute Gasteiger partial charge is 0.305 e. The summed E-state index contributed by atoms with van der Waals surface area (Å²) in [4.78, 5) is 15.7. The number of hydrogen-bond acceptors (Lipinski definition) is 6. The number of hydrogen-bond donors (Lipinski definition) is 0. The third kappa shape index (κ3) is 4.90. The largest absolute Gasteiger partial charge is 0.452 e. The van der Waals surface area contributed by atoms with Crippen molar-refractivity contribution in [2.45, 2.75) is 18.6 Å². The highest BCUT2D eigenvalue weighted by molar-refractivity contribution is 5.87. The Morgan fingerprint density at radius 3 is 2.12 bits per heavy atom. The van der Waals surface area contributed by atoms with Gasteiger partial charge in [-0.15, -0.1) is 0 Å². The van der Waals surface area contributed by atoms with Gasteiger partial charge in [0, 0.05) is 35.8 Å². The fourth-order valence-electron chi connectivity index (χ4n) is 5.70. The second-order valence-corrected chi connectivity index (χ2v) is 10.6. The molecule has 0 N–H and O–H groups in total. The molecule has 0 spiro atoms. The standard InChI is InChI=1S/C35H31NO5/c37-30-24-32(26-15-13-25(14-16-26)8-7-19-36-20-22-38-23-21-36)39-33-29(30)17-18-31-34(33)41-35(40-31,27-9-3-1-4-10-27)28-11-5-2-6-12-28/h1-6,9-18,24H,7-8,19-23H2. The van der Waals surface area contributed by atoms with E-state index in [2.05, 4.69) is 17.0 Å². The summed E-state index contributed by atoms with van der Waals surface area (Å²) in [5.74, 6) is 0.252. The molecule has 5 aromatic rings. The average molecular weight is 546 g/mol. The van der Waals surface area contributed by atoms with E-state index in [1.807, 2.05) is 72.8 Å². The zero-order valence-electron chi connectivity index (χ0n) is 22.8. The van der Waals surface area contributed by atoms with Crippen molar-refractivity contribution in [1.82, 2.24) is 4.90 Å². The summed E-state index contributed by atoms with van der Waals surface area (Å²) in [5.41, 5.74) is 4.05. The molecule has 1 fully saturated rings. The molecule has 1 aromatic heterocycles. The van der Waals surface area contributed by atoms with Crippen molar-refractivity contribution in [1.29, 1.82) is 0 Å². The SMILES string of the molecule is O=c1cc(-c2ccc(CCCN3CCOCC3)cc2)oc2c3c(ccc12)OC(c1ccccc1)(c1ccccc1)O3. The molecule has 4 aromatic carbocycles. The highest BCUT2D eigenvalue weighted by atomic mass is 16.7. The van der Waals surface area contributed by atoms with E-state index < -0.39 is 5.79 Å². The van der Waals surface area contributed by atoms with Gasteiger partial charge in [-0.2, -0.15) is 0 Å². The van der Waals surface area contributed by atoms with E-state index in [4.69, 9.17) is 18.6 Å². The molecule has 0 amide bonds. The molecule has 7 rings (SSSR count). The van der Waals surface area contributed by atoms with Crippen molar-refractivity contribution in [2.24, 2.45) is 0 Å². The molecule has 0 atom stereocenters. The average Bonchev–Trinajstić information content (AvgIpc) is 3.45. The van der Waals surface area contributed by atoms with Gasteiger partial charge < -0.3 is 18.6 Å². The molecule has 1 saturated heterocycles. The molecule has 0 saturated carbocycles. The summed E-state index contributed by atoms with van der Waals surface area (Å²) in [7, 11) is 0. The maximum atomic E-state index is 13.3. The fourth-order valence-corrected chi connectivity index (χ4v) is 5.70. The molecular weight excluding hydrogens is 514 g/mol. The van der Waals surface area contributed by atoms with E-state index >= 15 is 0 Å². The van der Waals surface area contributed by atoms with Gasteiger partial charge >= 0.3 is 5.79 Å². The van der Waals surface area contributed by atoms with Crippen LogP contribution in [0.25, 0.3) is 22.3 Å². The maximum Gasteiger partial charge on any atom is 0.305 e. The Hall–Kier alpha value is -4.39. The lowest BCUT2D eigenvalue weighted by atomic mass is 9.97. The predicted octanol–water partition coefficient (Wildman–Crippen LogP) is 6.40. The zero-order valence-corrected chi connectivity index (χ0v) is 22.8. The Morgan fingerprint density at radius 1 is 0.756 bits per heavy atom. The van der Waals surface area contributed by atoms with Gasteiger partial charge in [-0.3, -0.25) is 9.69 Å². The molecule has 0 aliphatic carbocycles. The molecule has 206 valence electrons. The van der Waals surface area contributed by atoms with Crippen LogP contribution in [0.1, 0.15) is 23.1 Å². The maximum absolute atomic E-state index is 13.3. The van der Waals surface area contributed by atoms with Crippen molar-refractivity contribution < 1.29 is 18.6 Å². The first kappa shape index (κ1) is 25.6. The molecular formula is C35H31NO5. The Morgan fingerprint density at radius 2 is 1.44 bits per heavy atom. The lowest BCUT2D eigenvalue weighted by molar-refractivity contribution is -0.0456. The summed E-state index contributed by atoms with van der Waals surface area (Å²) in [5, 5.41) is 0.452. The molecule has 0 unspecified atom stereocenters. The van der Waals surface area contributed by atoms with E-state index in [-0.39, 0.29) is 5.43 Å². The summed E-state index contributed by atoms with van der Waals surface area (Å²) in [6, 6.07) is 33.0. The van der Waals surface area contributed by atoms with E-state index in [1.54, 1.807) is 18.2 Å². The minimum atomic E-state index is -1.20. The molecule has 2 aliphatic heterocycles. The molecule has 41 heavy (non-hydrogen) atoms. The first-order chi connectivity index (χ1) is 20.2. The minimum absolute atomic E-state index is 0.126. The van der Waals surface area contributed by atoms with Crippen molar-refractivity contribution in [3.8, 4) is 22.8 Å². The normalized spacial score (nSPS) is 16.2. The number of fused-ring (bicyclic) bond motifs is 3. The summed E-state index contributed by atoms with van der Waals surface area (Å²) in [6.07, 6.45) is 2.09. The van der Waals surface area contributed by atoms with E-state index in [0.717, 1.165) is 62.4 Å². The predicted molar refractivity (Wildman–Crippen MR) is 158 cm³/mol. The minimum Gasteiger partial charge on any atom is -0.452 e. The second kappa shape index (κ2) is 10.9. The molecule has 6 heteroatoms. The van der Waals surface area contributed by atoms with E-state index in [1.165, 1.54) is 5.56 Å². The lowest BCUT2D eigenvalue weighted by Crippen LogP contribution is -2.36. The quantitative estimate of drug-likeness (QED) is 0.236. The van der Waals surface area contributed by atoms with Crippen LogP contribution in [-0.4, -0.2) is 37.7 Å². The number of nitrogens with zero attached hydrogens (tertiary/aromatic N) is 1. The van der Waals surface area contributed by atoms with Gasteiger partial charge in [-0.25, -0.2) is 0 Å². The van der Waals surface area contributed by atoms with Gasteiger partial charge in [0.05, 0.1) is 18.6 Å². The Balaban J connectivity index is 1.20. The summed E-state index contributed by atoms with van der Waals surface area (Å²) < 4.78 is 25.1. The van der Waals surface area contributed by atoms with Crippen LogP contribution in [0.2, 0.25) is 0 Å². The molecule has 0 radical (unpaired) electrons. The van der Waals surface area contributed by atoms with Crippen LogP contribution in [0.3, 0.4) is 0 Å². The fraction of sp³-hybridized carbons (Fsp3) is 0.229. The van der Waals surface area contributed by atoms with Gasteiger partial charge in [0.1, 0.15) is 5.76 Å². The molecule has 0 bridgehead atoms. The van der Waals surface area contributed by atoms with Gasteiger partial charge in [0.2, 0.25) is 5.75 Å². The highest BCUT2D eigenvalue weighted by Gasteiger charge is 2.46. The Kier molecular flexibility index (Phi) is 6.79. The number of rotatable bonds is 7. The monoisotopic (exact) mass is 545 g/mol. The van der Waals surface area contributed by atoms with E-state index in [9.17, 15) is 4.79 Å². The zero-order chi connectivity index (χ0) is 27.6. The van der Waals surface area contributed by atoms with Crippen LogP contribution in [0, 0.1) is 0 Å². The number of ether oxygens (including phenoxy) is 3. The van der Waals surface area contributed by atoms with Crippen LogP contribution in [0.4, 0.5) is 0 Å². The van der Waals surface area contributed by atoms with Gasteiger partial charge in [-0.05, 0) is 37.1 Å². The number of aryl methyl sites for hydroxylation is 1. The van der Waals surface area contributed by atoms with Gasteiger partial charge in [0.25, 0.3) is 0 Å². The third-order valence-electron chi connectivity index (χ3n) is 7.90. The van der Waals surface area contributed by atoms with Crippen LogP contribution in [-0.2, 0) is 16.9 Å². The highest BCUT2D eigenvalue weighted by Crippen LogP contribution is 2.50. The Labute approximate surface area is 238 Å². The first-order valence-corrected chi connectivity index (χ1v) is 14.2. The van der Waals surface area contributed by atoms with Gasteiger partial charge in [0.15, 0.2) is 16.8 Å². The molecule has 3 heterocycles. The van der Waals surface area contributed by atoms with Gasteiger partial charge in [-0.1, -0.05) is 84.9 Å². The summed E-state index contributed by atoms with van der Waals surface area (Å²) in [6.45, 7) is 4.74. The second-order valence-electron chi connectivity index (χ2n) is 10.6. The number of morpholine rings is 1. The third-order valence-corrected chi connectivity index (χ3v) is 7.90. The van der Waals surface area contributed by atoms with Crippen molar-refractivity contribution >= 4 is 11.0 Å². The lowest BCUT2D eigenvalue weighted by Gasteiger charge is -2.28. The Bertz CT molecular complexity index is 1670. The summed E-state index contributed by atoms with van der Waals surface area (Å²) >= 11 is 0. The van der Waals surface area contributed by atoms with Crippen LogP contribution in [0.15, 0.2) is 112 Å². The van der Waals surface area contributed by atoms with Crippen molar-refractivity contribution in [3.63, 3.8) is 0 Å². The topological polar surface area (TPSA) is 61.1 Å². The van der Waals surface area contributed by atoms with Crippen LogP contribution in [0.5, 0.6) is 11.5 Å².